The van der Waals surface area contributed by atoms with E-state index in [-0.39, 0.29) is 6.04 Å². The molecule has 0 spiro atoms. The van der Waals surface area contributed by atoms with Crippen LogP contribution in [0, 0.1) is 13.8 Å². The highest BCUT2D eigenvalue weighted by Gasteiger charge is 2.29. The molecule has 0 saturated carbocycles. The van der Waals surface area contributed by atoms with Crippen LogP contribution in [0.4, 0.5) is 11.4 Å². The van der Waals surface area contributed by atoms with E-state index in [1.807, 2.05) is 12.3 Å². The molecule has 0 fully saturated rings. The van der Waals surface area contributed by atoms with Gasteiger partial charge in [-0.3, -0.25) is 10.0 Å². The van der Waals surface area contributed by atoms with Crippen LogP contribution in [-0.2, 0) is 0 Å². The Morgan fingerprint density at radius 2 is 1.48 bits per heavy atom. The molecule has 0 unspecified atom stereocenters. The molecule has 1 aliphatic rings. The van der Waals surface area contributed by atoms with E-state index in [0.29, 0.717) is 0 Å². The first-order valence-electron chi connectivity index (χ1n) is 11.4. The number of hydrogen-bond donors (Lipinski definition) is 0. The van der Waals surface area contributed by atoms with Gasteiger partial charge in [0.1, 0.15) is 0 Å². The number of anilines is 1. The van der Waals surface area contributed by atoms with Gasteiger partial charge in [0.15, 0.2) is 0 Å². The van der Waals surface area contributed by atoms with E-state index in [9.17, 15) is 0 Å². The van der Waals surface area contributed by atoms with Crippen molar-refractivity contribution in [3.63, 3.8) is 0 Å². The molecule has 0 aliphatic carbocycles. The van der Waals surface area contributed by atoms with E-state index in [0.717, 1.165) is 29.1 Å². The molecule has 162 valence electrons. The van der Waals surface area contributed by atoms with Crippen LogP contribution >= 0.6 is 0 Å². The monoisotopic (exact) mass is 429 g/mol. The van der Waals surface area contributed by atoms with Gasteiger partial charge < -0.3 is 0 Å². The van der Waals surface area contributed by atoms with Crippen molar-refractivity contribution in [1.29, 1.82) is 0 Å². The third-order valence-electron chi connectivity index (χ3n) is 6.21. The van der Waals surface area contributed by atoms with Crippen LogP contribution in [0.5, 0.6) is 0 Å². The zero-order chi connectivity index (χ0) is 22.6. The third-order valence-corrected chi connectivity index (χ3v) is 6.21. The molecule has 1 aliphatic heterocycles. The lowest BCUT2D eigenvalue weighted by Crippen LogP contribution is -2.18. The SMILES string of the molecule is Cc1ccc(N=Cc2ccc(N3N=C(c4ccccc4)C[C@H]3c3ccccc3)cc2)cc1C. The van der Waals surface area contributed by atoms with Crippen LogP contribution in [0.2, 0.25) is 0 Å². The highest BCUT2D eigenvalue weighted by atomic mass is 15.5. The van der Waals surface area contributed by atoms with Crippen LogP contribution in [0.25, 0.3) is 0 Å². The minimum Gasteiger partial charge on any atom is -0.257 e. The van der Waals surface area contributed by atoms with Crippen molar-refractivity contribution in [2.75, 3.05) is 5.01 Å². The number of hydrazone groups is 1. The molecule has 0 amide bonds. The lowest BCUT2D eigenvalue weighted by Gasteiger charge is -2.24. The van der Waals surface area contributed by atoms with Gasteiger partial charge in [0.05, 0.1) is 23.1 Å². The molecule has 4 aromatic rings. The molecular formula is C30H27N3. The second kappa shape index (κ2) is 9.25. The maximum atomic E-state index is 5.04. The Balaban J connectivity index is 1.42. The molecular weight excluding hydrogens is 402 g/mol. The van der Waals surface area contributed by atoms with E-state index in [1.165, 1.54) is 22.3 Å². The van der Waals surface area contributed by atoms with E-state index in [1.54, 1.807) is 0 Å². The standard InChI is InChI=1S/C30H27N3/c1-22-13-16-27(19-23(22)2)31-21-24-14-17-28(18-15-24)33-30(26-11-7-4-8-12-26)20-29(32-33)25-9-5-3-6-10-25/h3-19,21,30H,20H2,1-2H3/t30-/m0/s1. The fraction of sp³-hybridized carbons (Fsp3) is 0.133. The fourth-order valence-electron chi connectivity index (χ4n) is 4.16. The second-order valence-corrected chi connectivity index (χ2v) is 8.51. The highest BCUT2D eigenvalue weighted by Crippen LogP contribution is 2.36. The van der Waals surface area contributed by atoms with Crippen LogP contribution < -0.4 is 5.01 Å². The van der Waals surface area contributed by atoms with Gasteiger partial charge in [-0.2, -0.15) is 5.10 Å². The van der Waals surface area contributed by atoms with E-state index < -0.39 is 0 Å². The van der Waals surface area contributed by atoms with Gasteiger partial charge in [0.25, 0.3) is 0 Å². The van der Waals surface area contributed by atoms with Gasteiger partial charge >= 0.3 is 0 Å². The maximum absolute atomic E-state index is 5.04. The number of benzene rings is 4. The minimum atomic E-state index is 0.177. The average molecular weight is 430 g/mol. The summed E-state index contributed by atoms with van der Waals surface area (Å²) in [7, 11) is 0. The van der Waals surface area contributed by atoms with Crippen LogP contribution in [0.3, 0.4) is 0 Å². The number of rotatable bonds is 5. The van der Waals surface area contributed by atoms with Crippen molar-refractivity contribution >= 4 is 23.3 Å². The summed E-state index contributed by atoms with van der Waals surface area (Å²) >= 11 is 0. The van der Waals surface area contributed by atoms with Crippen LogP contribution in [0.15, 0.2) is 113 Å². The van der Waals surface area contributed by atoms with E-state index >= 15 is 0 Å². The molecule has 3 heteroatoms. The van der Waals surface area contributed by atoms with Gasteiger partial charge in [-0.1, -0.05) is 78.9 Å². The topological polar surface area (TPSA) is 28.0 Å². The number of hydrogen-bond acceptors (Lipinski definition) is 3. The summed E-state index contributed by atoms with van der Waals surface area (Å²) in [5, 5.41) is 7.20. The number of aryl methyl sites for hydroxylation is 2. The normalized spacial score (nSPS) is 15.8. The maximum Gasteiger partial charge on any atom is 0.0831 e. The molecule has 0 bridgehead atoms. The summed E-state index contributed by atoms with van der Waals surface area (Å²) in [6.07, 6.45) is 2.80. The molecule has 0 saturated heterocycles. The van der Waals surface area contributed by atoms with Crippen molar-refractivity contribution in [3.8, 4) is 0 Å². The molecule has 1 heterocycles. The summed E-state index contributed by atoms with van der Waals surface area (Å²) in [6, 6.07) is 36.0. The molecule has 4 aromatic carbocycles. The summed E-state index contributed by atoms with van der Waals surface area (Å²) < 4.78 is 0. The Kier molecular flexibility index (Phi) is 5.86. The van der Waals surface area contributed by atoms with Gasteiger partial charge in [-0.05, 0) is 65.9 Å². The lowest BCUT2D eigenvalue weighted by molar-refractivity contribution is 0.709. The van der Waals surface area contributed by atoms with Gasteiger partial charge in [0, 0.05) is 12.6 Å². The quantitative estimate of drug-likeness (QED) is 0.304. The lowest BCUT2D eigenvalue weighted by atomic mass is 9.98. The zero-order valence-corrected chi connectivity index (χ0v) is 19.0. The molecule has 1 atom stereocenters. The van der Waals surface area contributed by atoms with Crippen molar-refractivity contribution in [3.05, 3.63) is 131 Å². The van der Waals surface area contributed by atoms with Crippen molar-refractivity contribution < 1.29 is 0 Å². The van der Waals surface area contributed by atoms with E-state index in [4.69, 9.17) is 5.10 Å². The summed E-state index contributed by atoms with van der Waals surface area (Å²) in [5.74, 6) is 0. The zero-order valence-electron chi connectivity index (χ0n) is 19.0. The van der Waals surface area contributed by atoms with Crippen molar-refractivity contribution in [2.24, 2.45) is 10.1 Å². The van der Waals surface area contributed by atoms with Gasteiger partial charge in [0.2, 0.25) is 0 Å². The Morgan fingerprint density at radius 3 is 2.18 bits per heavy atom. The average Bonchev–Trinajstić information content (AvgIpc) is 3.32. The van der Waals surface area contributed by atoms with Crippen molar-refractivity contribution in [2.45, 2.75) is 26.3 Å². The van der Waals surface area contributed by atoms with Gasteiger partial charge in [-0.25, -0.2) is 0 Å². The Bertz CT molecular complexity index is 1290. The summed E-state index contributed by atoms with van der Waals surface area (Å²) in [6.45, 7) is 4.24. The predicted octanol–water partition coefficient (Wildman–Crippen LogP) is 7.41. The largest absolute Gasteiger partial charge is 0.257 e. The fourth-order valence-corrected chi connectivity index (χ4v) is 4.16. The Morgan fingerprint density at radius 1 is 0.788 bits per heavy atom. The first-order chi connectivity index (χ1) is 16.2. The van der Waals surface area contributed by atoms with Crippen LogP contribution in [0.1, 0.15) is 40.3 Å². The molecule has 0 N–H and O–H groups in total. The smallest absolute Gasteiger partial charge is 0.0831 e. The van der Waals surface area contributed by atoms with E-state index in [2.05, 4.69) is 121 Å². The van der Waals surface area contributed by atoms with Gasteiger partial charge in [-0.15, -0.1) is 0 Å². The third kappa shape index (κ3) is 4.63. The predicted molar refractivity (Wildman–Crippen MR) is 139 cm³/mol. The molecule has 0 aromatic heterocycles. The first-order valence-corrected chi connectivity index (χ1v) is 11.4. The molecule has 33 heavy (non-hydrogen) atoms. The Labute approximate surface area is 195 Å². The second-order valence-electron chi connectivity index (χ2n) is 8.51. The summed E-state index contributed by atoms with van der Waals surface area (Å²) in [5.41, 5.74) is 9.23. The minimum absolute atomic E-state index is 0.177. The molecule has 5 rings (SSSR count). The number of nitrogens with zero attached hydrogens (tertiary/aromatic N) is 3. The molecule has 3 nitrogen and oxygen atoms in total. The Hall–Kier alpha value is -3.98. The molecule has 0 radical (unpaired) electrons. The first kappa shape index (κ1) is 20.9. The number of aliphatic imine (C=N–C) groups is 1. The summed E-state index contributed by atoms with van der Waals surface area (Å²) in [4.78, 5) is 4.65. The van der Waals surface area contributed by atoms with Crippen LogP contribution in [-0.4, -0.2) is 11.9 Å². The van der Waals surface area contributed by atoms with Crippen molar-refractivity contribution in [1.82, 2.24) is 0 Å². The highest BCUT2D eigenvalue weighted by molar-refractivity contribution is 6.03.